The van der Waals surface area contributed by atoms with Crippen molar-refractivity contribution < 1.29 is 13.8 Å². The van der Waals surface area contributed by atoms with Crippen molar-refractivity contribution in [2.75, 3.05) is 5.32 Å². The van der Waals surface area contributed by atoms with E-state index in [0.29, 0.717) is 5.82 Å². The lowest BCUT2D eigenvalue weighted by molar-refractivity contribution is -0.383. The molecule has 9 heteroatoms. The van der Waals surface area contributed by atoms with Crippen molar-refractivity contribution in [3.05, 3.63) is 52.5 Å². The molecule has 0 atom stereocenters. The molecule has 0 fully saturated rings. The number of rotatable bonds is 4. The van der Waals surface area contributed by atoms with Gasteiger partial charge in [-0.2, -0.15) is 4.98 Å². The van der Waals surface area contributed by atoms with Crippen molar-refractivity contribution in [2.45, 2.75) is 6.54 Å². The number of hydrogen-bond acceptors (Lipinski definition) is 7. The first-order valence-electron chi connectivity index (χ1n) is 5.87. The molecule has 0 saturated carbocycles. The molecule has 8 nitrogen and oxygen atoms in total. The van der Waals surface area contributed by atoms with Crippen LogP contribution in [0.1, 0.15) is 5.82 Å². The summed E-state index contributed by atoms with van der Waals surface area (Å²) >= 11 is 0. The Kier molecular flexibility index (Phi) is 3.14. The van der Waals surface area contributed by atoms with E-state index in [-0.39, 0.29) is 28.8 Å². The van der Waals surface area contributed by atoms with Crippen molar-refractivity contribution in [2.24, 2.45) is 0 Å². The Balaban J connectivity index is 2.08. The number of fused-ring (bicyclic) bond motifs is 1. The van der Waals surface area contributed by atoms with Crippen LogP contribution in [-0.2, 0) is 6.54 Å². The molecule has 0 saturated heterocycles. The molecule has 2 heterocycles. The number of hydrogen-bond donors (Lipinski definition) is 1. The Morgan fingerprint density at radius 1 is 1.43 bits per heavy atom. The van der Waals surface area contributed by atoms with E-state index in [0.717, 1.165) is 12.5 Å². The molecule has 0 radical (unpaired) electrons. The van der Waals surface area contributed by atoms with Gasteiger partial charge in [0.2, 0.25) is 6.39 Å². The number of aromatic nitrogens is 3. The molecule has 0 aliphatic carbocycles. The minimum Gasteiger partial charge on any atom is -0.373 e. The van der Waals surface area contributed by atoms with Crippen molar-refractivity contribution in [3.8, 4) is 0 Å². The minimum atomic E-state index is -0.767. The van der Waals surface area contributed by atoms with E-state index in [9.17, 15) is 14.5 Å². The number of nitrogens with zero attached hydrogens (tertiary/aromatic N) is 4. The van der Waals surface area contributed by atoms with E-state index in [4.69, 9.17) is 0 Å². The van der Waals surface area contributed by atoms with Gasteiger partial charge < -0.3 is 9.84 Å². The Labute approximate surface area is 116 Å². The summed E-state index contributed by atoms with van der Waals surface area (Å²) in [6.07, 6.45) is 2.59. The molecule has 2 aromatic heterocycles. The summed E-state index contributed by atoms with van der Waals surface area (Å²) in [5, 5.41) is 17.6. The Bertz CT molecular complexity index is 806. The lowest BCUT2D eigenvalue weighted by Crippen LogP contribution is -2.05. The van der Waals surface area contributed by atoms with Crippen molar-refractivity contribution >= 4 is 22.3 Å². The third-order valence-electron chi connectivity index (χ3n) is 2.85. The first-order chi connectivity index (χ1) is 10.2. The minimum absolute atomic E-state index is 0.0565. The maximum Gasteiger partial charge on any atom is 0.281 e. The molecule has 0 aliphatic rings. The quantitative estimate of drug-likeness (QED) is 0.579. The van der Waals surface area contributed by atoms with Gasteiger partial charge in [-0.25, -0.2) is 4.39 Å². The molecule has 0 spiro atoms. The first-order valence-corrected chi connectivity index (χ1v) is 5.87. The molecule has 3 aromatic rings. The molecular formula is C12H8FN5O3. The number of halogens is 1. The number of pyridine rings is 1. The maximum atomic E-state index is 14.1. The molecule has 1 N–H and O–H groups in total. The van der Waals surface area contributed by atoms with Crippen LogP contribution < -0.4 is 5.32 Å². The normalized spacial score (nSPS) is 10.7. The van der Waals surface area contributed by atoms with Crippen LogP contribution in [0.3, 0.4) is 0 Å². The number of non-ortho nitro benzene ring substituents is 1. The van der Waals surface area contributed by atoms with Gasteiger partial charge in [-0.05, 0) is 12.1 Å². The van der Waals surface area contributed by atoms with Crippen LogP contribution >= 0.6 is 0 Å². The van der Waals surface area contributed by atoms with Crippen LogP contribution in [0.25, 0.3) is 10.9 Å². The van der Waals surface area contributed by atoms with Gasteiger partial charge in [0.15, 0.2) is 11.6 Å². The summed E-state index contributed by atoms with van der Waals surface area (Å²) in [6.45, 7) is 0.108. The Morgan fingerprint density at radius 3 is 3.00 bits per heavy atom. The van der Waals surface area contributed by atoms with E-state index in [1.807, 2.05) is 0 Å². The molecule has 0 aliphatic heterocycles. The van der Waals surface area contributed by atoms with Crippen LogP contribution in [0.5, 0.6) is 0 Å². The zero-order valence-corrected chi connectivity index (χ0v) is 10.5. The molecule has 0 unspecified atom stereocenters. The lowest BCUT2D eigenvalue weighted by Gasteiger charge is -2.09. The summed E-state index contributed by atoms with van der Waals surface area (Å²) in [6, 6.07) is 3.93. The van der Waals surface area contributed by atoms with Crippen molar-refractivity contribution in [3.63, 3.8) is 0 Å². The smallest absolute Gasteiger partial charge is 0.281 e. The Hall–Kier alpha value is -3.10. The number of benzene rings is 1. The SMILES string of the molecule is O=[N+]([O-])c1cc(F)c(NCc2ncon2)c2ncccc12. The van der Waals surface area contributed by atoms with Crippen LogP contribution in [0.2, 0.25) is 0 Å². The molecule has 106 valence electrons. The second-order valence-electron chi connectivity index (χ2n) is 4.11. The fourth-order valence-corrected chi connectivity index (χ4v) is 1.95. The average Bonchev–Trinajstić information content (AvgIpc) is 2.98. The third kappa shape index (κ3) is 2.36. The Morgan fingerprint density at radius 2 is 2.29 bits per heavy atom. The molecule has 0 bridgehead atoms. The van der Waals surface area contributed by atoms with Crippen LogP contribution in [-0.4, -0.2) is 20.0 Å². The first kappa shape index (κ1) is 12.9. The summed E-state index contributed by atoms with van der Waals surface area (Å²) in [4.78, 5) is 18.1. The van der Waals surface area contributed by atoms with Gasteiger partial charge in [0, 0.05) is 6.20 Å². The van der Waals surface area contributed by atoms with Gasteiger partial charge in [-0.3, -0.25) is 15.1 Å². The zero-order chi connectivity index (χ0) is 14.8. The summed E-state index contributed by atoms with van der Waals surface area (Å²) < 4.78 is 18.7. The van der Waals surface area contributed by atoms with Crippen molar-refractivity contribution in [1.82, 2.24) is 15.1 Å². The number of nitro benzene ring substituents is 1. The molecule has 0 amide bonds. The number of nitro groups is 1. The molecule has 3 rings (SSSR count). The summed E-state index contributed by atoms with van der Waals surface area (Å²) in [5.41, 5.74) is -0.102. The van der Waals surface area contributed by atoms with Gasteiger partial charge >= 0.3 is 0 Å². The molecular weight excluding hydrogens is 281 g/mol. The topological polar surface area (TPSA) is 107 Å². The predicted octanol–water partition coefficient (Wildman–Crippen LogP) is 2.28. The third-order valence-corrected chi connectivity index (χ3v) is 2.85. The molecule has 1 aromatic carbocycles. The van der Waals surface area contributed by atoms with Crippen LogP contribution in [0.15, 0.2) is 35.3 Å². The fourth-order valence-electron chi connectivity index (χ4n) is 1.95. The van der Waals surface area contributed by atoms with Gasteiger partial charge in [0.1, 0.15) is 5.52 Å². The molecule has 21 heavy (non-hydrogen) atoms. The second kappa shape index (κ2) is 5.12. The average molecular weight is 289 g/mol. The van der Waals surface area contributed by atoms with E-state index in [2.05, 4.69) is 25.0 Å². The standard InChI is InChI=1S/C12H8FN5O3/c13-8-4-9(18(19)20)7-2-1-3-14-11(7)12(8)15-5-10-16-6-21-17-10/h1-4,6,15H,5H2. The van der Waals surface area contributed by atoms with Gasteiger partial charge in [-0.1, -0.05) is 5.16 Å². The van der Waals surface area contributed by atoms with Crippen LogP contribution in [0, 0.1) is 15.9 Å². The van der Waals surface area contributed by atoms with E-state index in [1.54, 1.807) is 6.07 Å². The fraction of sp³-hybridized carbons (Fsp3) is 0.0833. The lowest BCUT2D eigenvalue weighted by atomic mass is 10.1. The van der Waals surface area contributed by atoms with E-state index in [1.165, 1.54) is 12.3 Å². The highest BCUT2D eigenvalue weighted by atomic mass is 19.1. The largest absolute Gasteiger partial charge is 0.373 e. The van der Waals surface area contributed by atoms with Gasteiger partial charge in [0.05, 0.1) is 28.6 Å². The summed E-state index contributed by atoms with van der Waals surface area (Å²) in [7, 11) is 0. The van der Waals surface area contributed by atoms with Crippen LogP contribution in [0.4, 0.5) is 15.8 Å². The zero-order valence-electron chi connectivity index (χ0n) is 10.5. The van der Waals surface area contributed by atoms with E-state index >= 15 is 0 Å². The van der Waals surface area contributed by atoms with E-state index < -0.39 is 10.7 Å². The number of nitrogens with one attached hydrogen (secondary N) is 1. The van der Waals surface area contributed by atoms with Gasteiger partial charge in [0.25, 0.3) is 5.69 Å². The second-order valence-corrected chi connectivity index (χ2v) is 4.11. The summed E-state index contributed by atoms with van der Waals surface area (Å²) in [5.74, 6) is -0.437. The predicted molar refractivity (Wildman–Crippen MR) is 70.0 cm³/mol. The number of anilines is 1. The highest BCUT2D eigenvalue weighted by molar-refractivity contribution is 5.96. The monoisotopic (exact) mass is 289 g/mol. The van der Waals surface area contributed by atoms with Crippen molar-refractivity contribution in [1.29, 1.82) is 0 Å². The highest BCUT2D eigenvalue weighted by Crippen LogP contribution is 2.32. The highest BCUT2D eigenvalue weighted by Gasteiger charge is 2.20. The van der Waals surface area contributed by atoms with Gasteiger partial charge in [-0.15, -0.1) is 0 Å². The maximum absolute atomic E-state index is 14.1.